The molecule has 0 aliphatic rings. The summed E-state index contributed by atoms with van der Waals surface area (Å²) < 4.78 is 13.2. The van der Waals surface area contributed by atoms with Crippen molar-refractivity contribution in [3.8, 4) is 5.75 Å². The fourth-order valence-electron chi connectivity index (χ4n) is 1.90. The molecule has 2 rings (SSSR count). The zero-order valence-electron chi connectivity index (χ0n) is 10.5. The molecule has 0 amide bonds. The predicted molar refractivity (Wildman–Crippen MR) is 74.8 cm³/mol. The van der Waals surface area contributed by atoms with Crippen molar-refractivity contribution in [3.05, 3.63) is 64.4 Å². The van der Waals surface area contributed by atoms with Gasteiger partial charge in [0.15, 0.2) is 0 Å². The van der Waals surface area contributed by atoms with E-state index in [1.807, 2.05) is 13.0 Å². The Morgan fingerprint density at radius 3 is 2.74 bits per heavy atom. The molecule has 0 radical (unpaired) electrons. The highest BCUT2D eigenvalue weighted by molar-refractivity contribution is 6.30. The second kappa shape index (κ2) is 6.04. The van der Waals surface area contributed by atoms with Gasteiger partial charge in [0.1, 0.15) is 11.6 Å². The van der Waals surface area contributed by atoms with E-state index in [2.05, 4.69) is 5.32 Å². The zero-order valence-corrected chi connectivity index (χ0v) is 11.3. The lowest BCUT2D eigenvalue weighted by molar-refractivity contribution is 0.472. The van der Waals surface area contributed by atoms with Crippen molar-refractivity contribution in [2.75, 3.05) is 0 Å². The summed E-state index contributed by atoms with van der Waals surface area (Å²) in [7, 11) is 0. The normalized spacial score (nSPS) is 12.4. The first-order valence-corrected chi connectivity index (χ1v) is 6.39. The van der Waals surface area contributed by atoms with Crippen molar-refractivity contribution in [2.24, 2.45) is 0 Å². The van der Waals surface area contributed by atoms with Gasteiger partial charge in [0.2, 0.25) is 0 Å². The van der Waals surface area contributed by atoms with Crippen LogP contribution in [0.15, 0.2) is 42.5 Å². The minimum absolute atomic E-state index is 0.0501. The maximum absolute atomic E-state index is 13.2. The second-order valence-electron chi connectivity index (χ2n) is 4.48. The minimum Gasteiger partial charge on any atom is -0.508 e. The molecule has 19 heavy (non-hydrogen) atoms. The standard InChI is InChI=1S/C15H15ClFNO/c1-10(12-3-2-4-15(19)7-12)18-9-11-5-13(16)8-14(17)6-11/h2-8,10,18-19H,9H2,1H3. The molecule has 0 bridgehead atoms. The number of hydrogen-bond acceptors (Lipinski definition) is 2. The van der Waals surface area contributed by atoms with E-state index in [9.17, 15) is 9.50 Å². The van der Waals surface area contributed by atoms with Gasteiger partial charge in [-0.1, -0.05) is 23.7 Å². The van der Waals surface area contributed by atoms with E-state index >= 15 is 0 Å². The van der Waals surface area contributed by atoms with E-state index in [-0.39, 0.29) is 17.6 Å². The zero-order chi connectivity index (χ0) is 13.8. The van der Waals surface area contributed by atoms with Gasteiger partial charge in [0.05, 0.1) is 0 Å². The molecule has 0 heterocycles. The summed E-state index contributed by atoms with van der Waals surface area (Å²) in [6, 6.07) is 11.6. The summed E-state index contributed by atoms with van der Waals surface area (Å²) >= 11 is 5.80. The van der Waals surface area contributed by atoms with E-state index in [1.54, 1.807) is 24.3 Å². The minimum atomic E-state index is -0.339. The van der Waals surface area contributed by atoms with Crippen LogP contribution >= 0.6 is 11.6 Å². The Morgan fingerprint density at radius 2 is 2.05 bits per heavy atom. The Kier molecular flexibility index (Phi) is 4.40. The maximum atomic E-state index is 13.2. The Morgan fingerprint density at radius 1 is 1.26 bits per heavy atom. The third-order valence-corrected chi connectivity index (χ3v) is 3.12. The quantitative estimate of drug-likeness (QED) is 0.885. The summed E-state index contributed by atoms with van der Waals surface area (Å²) in [6.07, 6.45) is 0. The molecule has 0 aliphatic carbocycles. The molecule has 0 spiro atoms. The van der Waals surface area contributed by atoms with Gasteiger partial charge in [0, 0.05) is 17.6 Å². The highest BCUT2D eigenvalue weighted by Gasteiger charge is 2.06. The molecular formula is C15H15ClFNO. The molecule has 2 N–H and O–H groups in total. The first-order valence-electron chi connectivity index (χ1n) is 6.02. The van der Waals surface area contributed by atoms with E-state index < -0.39 is 0 Å². The van der Waals surface area contributed by atoms with Crippen LogP contribution in [0.3, 0.4) is 0 Å². The first-order chi connectivity index (χ1) is 9.04. The predicted octanol–water partition coefficient (Wildman–Crippen LogP) is 4.04. The molecular weight excluding hydrogens is 265 g/mol. The lowest BCUT2D eigenvalue weighted by atomic mass is 10.1. The summed E-state index contributed by atoms with van der Waals surface area (Å²) in [4.78, 5) is 0. The van der Waals surface area contributed by atoms with Crippen LogP contribution in [0.25, 0.3) is 0 Å². The molecule has 2 aromatic rings. The molecule has 2 aromatic carbocycles. The lowest BCUT2D eigenvalue weighted by Crippen LogP contribution is -2.18. The van der Waals surface area contributed by atoms with Gasteiger partial charge in [-0.2, -0.15) is 0 Å². The molecule has 2 nitrogen and oxygen atoms in total. The van der Waals surface area contributed by atoms with Gasteiger partial charge in [-0.3, -0.25) is 0 Å². The van der Waals surface area contributed by atoms with Crippen molar-refractivity contribution < 1.29 is 9.50 Å². The topological polar surface area (TPSA) is 32.3 Å². The number of rotatable bonds is 4. The summed E-state index contributed by atoms with van der Waals surface area (Å²) in [5, 5.41) is 13.1. The third kappa shape index (κ3) is 3.94. The van der Waals surface area contributed by atoms with Gasteiger partial charge in [-0.05, 0) is 48.4 Å². The van der Waals surface area contributed by atoms with Crippen LogP contribution in [0.5, 0.6) is 5.75 Å². The molecule has 1 atom stereocenters. The van der Waals surface area contributed by atoms with E-state index in [1.165, 1.54) is 12.1 Å². The largest absolute Gasteiger partial charge is 0.508 e. The molecule has 0 fully saturated rings. The van der Waals surface area contributed by atoms with Crippen molar-refractivity contribution in [1.82, 2.24) is 5.32 Å². The molecule has 0 saturated heterocycles. The van der Waals surface area contributed by atoms with Crippen LogP contribution in [0.1, 0.15) is 24.1 Å². The lowest BCUT2D eigenvalue weighted by Gasteiger charge is -2.14. The summed E-state index contributed by atoms with van der Waals surface area (Å²) in [5.41, 5.74) is 1.76. The SMILES string of the molecule is CC(NCc1cc(F)cc(Cl)c1)c1cccc(O)c1. The van der Waals surface area contributed by atoms with Crippen molar-refractivity contribution in [2.45, 2.75) is 19.5 Å². The highest BCUT2D eigenvalue weighted by Crippen LogP contribution is 2.19. The van der Waals surface area contributed by atoms with Crippen LogP contribution in [-0.4, -0.2) is 5.11 Å². The number of aromatic hydroxyl groups is 1. The molecule has 0 saturated carbocycles. The van der Waals surface area contributed by atoms with E-state index in [4.69, 9.17) is 11.6 Å². The number of benzene rings is 2. The third-order valence-electron chi connectivity index (χ3n) is 2.90. The van der Waals surface area contributed by atoms with E-state index in [0.29, 0.717) is 11.6 Å². The molecule has 100 valence electrons. The number of nitrogens with one attached hydrogen (secondary N) is 1. The summed E-state index contributed by atoms with van der Waals surface area (Å²) in [5.74, 6) is -0.103. The smallest absolute Gasteiger partial charge is 0.125 e. The average molecular weight is 280 g/mol. The molecule has 1 unspecified atom stereocenters. The van der Waals surface area contributed by atoms with Gasteiger partial charge < -0.3 is 10.4 Å². The first kappa shape index (κ1) is 13.8. The highest BCUT2D eigenvalue weighted by atomic mass is 35.5. The second-order valence-corrected chi connectivity index (χ2v) is 4.91. The summed E-state index contributed by atoms with van der Waals surface area (Å²) in [6.45, 7) is 2.49. The fourth-order valence-corrected chi connectivity index (χ4v) is 2.14. The fraction of sp³-hybridized carbons (Fsp3) is 0.200. The van der Waals surface area contributed by atoms with Crippen LogP contribution in [0.2, 0.25) is 5.02 Å². The maximum Gasteiger partial charge on any atom is 0.125 e. The van der Waals surface area contributed by atoms with Gasteiger partial charge in [-0.15, -0.1) is 0 Å². The van der Waals surface area contributed by atoms with Gasteiger partial charge in [0.25, 0.3) is 0 Å². The average Bonchev–Trinajstić information content (AvgIpc) is 2.35. The van der Waals surface area contributed by atoms with Crippen LogP contribution in [0, 0.1) is 5.82 Å². The number of phenols is 1. The monoisotopic (exact) mass is 279 g/mol. The van der Waals surface area contributed by atoms with Crippen molar-refractivity contribution >= 4 is 11.6 Å². The van der Waals surface area contributed by atoms with Crippen LogP contribution in [0.4, 0.5) is 4.39 Å². The number of hydrogen-bond donors (Lipinski definition) is 2. The van der Waals surface area contributed by atoms with Gasteiger partial charge >= 0.3 is 0 Å². The van der Waals surface area contributed by atoms with Crippen LogP contribution < -0.4 is 5.32 Å². The van der Waals surface area contributed by atoms with Crippen LogP contribution in [-0.2, 0) is 6.54 Å². The number of halogens is 2. The van der Waals surface area contributed by atoms with Gasteiger partial charge in [-0.25, -0.2) is 4.39 Å². The Labute approximate surface area is 116 Å². The molecule has 4 heteroatoms. The molecule has 0 aliphatic heterocycles. The Hall–Kier alpha value is -1.58. The number of phenolic OH excluding ortho intramolecular Hbond substituents is 1. The Bertz CT molecular complexity index is 554. The Balaban J connectivity index is 2.02. The van der Waals surface area contributed by atoms with E-state index in [0.717, 1.165) is 11.1 Å². The molecule has 0 aromatic heterocycles. The van der Waals surface area contributed by atoms with Crippen molar-refractivity contribution in [1.29, 1.82) is 0 Å². The van der Waals surface area contributed by atoms with Crippen molar-refractivity contribution in [3.63, 3.8) is 0 Å².